The molecule has 1 atom stereocenters. The van der Waals surface area contributed by atoms with Crippen LogP contribution in [0, 0.1) is 6.42 Å². The first kappa shape index (κ1) is 7.78. The van der Waals surface area contributed by atoms with Crippen molar-refractivity contribution in [2.45, 2.75) is 31.6 Å². The lowest BCUT2D eigenvalue weighted by Crippen LogP contribution is -2.06. The van der Waals surface area contributed by atoms with Gasteiger partial charge in [-0.25, -0.2) is 0 Å². The highest BCUT2D eigenvalue weighted by molar-refractivity contribution is 5.13. The Hall–Kier alpha value is -0.850. The molecule has 0 N–H and O–H groups in total. The topological polar surface area (TPSA) is 12.9 Å². The van der Waals surface area contributed by atoms with E-state index < -0.39 is 0 Å². The molecule has 0 spiro atoms. The van der Waals surface area contributed by atoms with Crippen LogP contribution in [0.4, 0.5) is 0 Å². The molecule has 1 heterocycles. The minimum atomic E-state index is 0.625. The van der Waals surface area contributed by atoms with Crippen LogP contribution in [0.2, 0.25) is 0 Å². The molecule has 1 aromatic rings. The normalized spacial score (nSPS) is 19.3. The van der Waals surface area contributed by atoms with Crippen molar-refractivity contribution in [1.82, 2.24) is 4.98 Å². The van der Waals surface area contributed by atoms with Crippen LogP contribution < -0.4 is 0 Å². The van der Waals surface area contributed by atoms with E-state index in [2.05, 4.69) is 23.5 Å². The van der Waals surface area contributed by atoms with Crippen LogP contribution in [-0.2, 0) is 0 Å². The summed E-state index contributed by atoms with van der Waals surface area (Å²) in [4.78, 5) is 4.37. The fourth-order valence-electron chi connectivity index (χ4n) is 1.81. The zero-order valence-corrected chi connectivity index (χ0v) is 7.24. The van der Waals surface area contributed by atoms with Crippen molar-refractivity contribution < 1.29 is 0 Å². The fraction of sp³-hybridized carbons (Fsp3) is 0.455. The third-order valence-electron chi connectivity index (χ3n) is 2.49. The summed E-state index contributed by atoms with van der Waals surface area (Å²) < 4.78 is 0. The molecule has 1 aliphatic rings. The molecule has 1 saturated carbocycles. The van der Waals surface area contributed by atoms with Gasteiger partial charge in [-0.2, -0.15) is 0 Å². The van der Waals surface area contributed by atoms with Crippen LogP contribution in [0.3, 0.4) is 0 Å². The predicted octanol–water partition coefficient (Wildman–Crippen LogP) is 2.94. The van der Waals surface area contributed by atoms with Crippen LogP contribution >= 0.6 is 0 Å². The Morgan fingerprint density at radius 3 is 2.92 bits per heavy atom. The van der Waals surface area contributed by atoms with Crippen molar-refractivity contribution in [2.75, 3.05) is 0 Å². The molecule has 0 bridgehead atoms. The summed E-state index contributed by atoms with van der Waals surface area (Å²) in [6.45, 7) is 0. The highest BCUT2D eigenvalue weighted by Crippen LogP contribution is 2.29. The molecule has 0 unspecified atom stereocenters. The van der Waals surface area contributed by atoms with E-state index in [0.29, 0.717) is 5.92 Å². The molecule has 0 aliphatic heterocycles. The van der Waals surface area contributed by atoms with Crippen molar-refractivity contribution in [3.8, 4) is 0 Å². The van der Waals surface area contributed by atoms with Gasteiger partial charge in [-0.3, -0.25) is 4.98 Å². The first-order valence-corrected chi connectivity index (χ1v) is 4.71. The van der Waals surface area contributed by atoms with Gasteiger partial charge in [0.15, 0.2) is 0 Å². The van der Waals surface area contributed by atoms with Crippen LogP contribution in [0.1, 0.15) is 37.3 Å². The first-order valence-electron chi connectivity index (χ1n) is 4.71. The minimum Gasteiger partial charge on any atom is -0.261 e. The summed E-state index contributed by atoms with van der Waals surface area (Å²) in [5.41, 5.74) is 1.25. The van der Waals surface area contributed by atoms with E-state index in [-0.39, 0.29) is 0 Å². The molecule has 0 aromatic carbocycles. The summed E-state index contributed by atoms with van der Waals surface area (Å²) in [5.74, 6) is 0.625. The van der Waals surface area contributed by atoms with Crippen LogP contribution in [0.5, 0.6) is 0 Å². The summed E-state index contributed by atoms with van der Waals surface area (Å²) in [6, 6.07) is 6.18. The molecule has 1 aliphatic carbocycles. The number of aromatic nitrogens is 1. The number of hydrogen-bond donors (Lipinski definition) is 0. The predicted molar refractivity (Wildman–Crippen MR) is 49.7 cm³/mol. The molecule has 1 radical (unpaired) electrons. The molecule has 2 rings (SSSR count). The maximum absolute atomic E-state index is 4.37. The van der Waals surface area contributed by atoms with Crippen LogP contribution in [-0.4, -0.2) is 4.98 Å². The van der Waals surface area contributed by atoms with E-state index in [9.17, 15) is 0 Å². The number of nitrogens with zero attached hydrogens (tertiary/aromatic N) is 1. The summed E-state index contributed by atoms with van der Waals surface area (Å²) in [7, 11) is 0. The molecule has 1 heteroatoms. The largest absolute Gasteiger partial charge is 0.261 e. The zero-order valence-electron chi connectivity index (χ0n) is 7.24. The van der Waals surface area contributed by atoms with Gasteiger partial charge in [-0.15, -0.1) is 0 Å². The Morgan fingerprint density at radius 2 is 2.25 bits per heavy atom. The monoisotopic (exact) mass is 160 g/mol. The van der Waals surface area contributed by atoms with Crippen LogP contribution in [0.25, 0.3) is 0 Å². The second-order valence-corrected chi connectivity index (χ2v) is 3.38. The van der Waals surface area contributed by atoms with Gasteiger partial charge in [0.2, 0.25) is 0 Å². The second-order valence-electron chi connectivity index (χ2n) is 3.38. The summed E-state index contributed by atoms with van der Waals surface area (Å²) in [5, 5.41) is 0. The third-order valence-corrected chi connectivity index (χ3v) is 2.49. The number of hydrogen-bond acceptors (Lipinski definition) is 1. The van der Waals surface area contributed by atoms with E-state index in [4.69, 9.17) is 0 Å². The highest BCUT2D eigenvalue weighted by atomic mass is 14.7. The molecular weight excluding hydrogens is 146 g/mol. The molecule has 1 aromatic heterocycles. The van der Waals surface area contributed by atoms with E-state index in [1.807, 2.05) is 12.3 Å². The molecule has 1 nitrogen and oxygen atoms in total. The van der Waals surface area contributed by atoms with E-state index in [0.717, 1.165) is 0 Å². The maximum atomic E-state index is 4.37. The van der Waals surface area contributed by atoms with Gasteiger partial charge in [0.25, 0.3) is 0 Å². The molecule has 12 heavy (non-hydrogen) atoms. The maximum Gasteiger partial charge on any atom is 0.0437 e. The first-order chi connectivity index (χ1) is 5.97. The average Bonchev–Trinajstić information content (AvgIpc) is 2.21. The standard InChI is InChI=1S/C11H14N/c1-2-6-10(7-3-1)11-8-4-5-9-12-11/h4-6,8-10H,1-3,7H2/t10-/m0/s1. The van der Waals surface area contributed by atoms with Crippen molar-refractivity contribution in [2.24, 2.45) is 0 Å². The van der Waals surface area contributed by atoms with E-state index in [1.54, 1.807) is 0 Å². The van der Waals surface area contributed by atoms with Gasteiger partial charge in [0.1, 0.15) is 0 Å². The Morgan fingerprint density at radius 1 is 1.25 bits per heavy atom. The lowest BCUT2D eigenvalue weighted by atomic mass is 9.87. The second kappa shape index (κ2) is 3.70. The Bertz CT molecular complexity index is 224. The van der Waals surface area contributed by atoms with Crippen LogP contribution in [0.15, 0.2) is 24.4 Å². The fourth-order valence-corrected chi connectivity index (χ4v) is 1.81. The van der Waals surface area contributed by atoms with E-state index >= 15 is 0 Å². The minimum absolute atomic E-state index is 0.625. The summed E-state index contributed by atoms with van der Waals surface area (Å²) >= 11 is 0. The molecule has 1 fully saturated rings. The SMILES string of the molecule is [CH]1CCCC[C@H]1c1ccccn1. The quantitative estimate of drug-likeness (QED) is 0.615. The van der Waals surface area contributed by atoms with Crippen molar-refractivity contribution in [3.05, 3.63) is 36.5 Å². The van der Waals surface area contributed by atoms with E-state index in [1.165, 1.54) is 31.4 Å². The van der Waals surface area contributed by atoms with Gasteiger partial charge in [-0.05, 0) is 31.4 Å². The Balaban J connectivity index is 2.08. The third kappa shape index (κ3) is 1.66. The van der Waals surface area contributed by atoms with Gasteiger partial charge in [-0.1, -0.05) is 18.9 Å². The molecular formula is C11H14N. The molecule has 63 valence electrons. The number of pyridine rings is 1. The lowest BCUT2D eigenvalue weighted by molar-refractivity contribution is 0.526. The van der Waals surface area contributed by atoms with Crippen molar-refractivity contribution in [3.63, 3.8) is 0 Å². The number of rotatable bonds is 1. The van der Waals surface area contributed by atoms with Gasteiger partial charge >= 0.3 is 0 Å². The van der Waals surface area contributed by atoms with Crippen molar-refractivity contribution in [1.29, 1.82) is 0 Å². The zero-order chi connectivity index (χ0) is 8.23. The van der Waals surface area contributed by atoms with Gasteiger partial charge < -0.3 is 0 Å². The summed E-state index contributed by atoms with van der Waals surface area (Å²) in [6.07, 6.45) is 9.57. The van der Waals surface area contributed by atoms with Gasteiger partial charge in [0, 0.05) is 17.8 Å². The van der Waals surface area contributed by atoms with Gasteiger partial charge in [0.05, 0.1) is 0 Å². The molecule has 0 saturated heterocycles. The smallest absolute Gasteiger partial charge is 0.0437 e. The Kier molecular flexibility index (Phi) is 2.40. The molecule has 0 amide bonds. The Labute approximate surface area is 73.8 Å². The lowest BCUT2D eigenvalue weighted by Gasteiger charge is -2.20. The highest BCUT2D eigenvalue weighted by Gasteiger charge is 2.15. The van der Waals surface area contributed by atoms with Crippen molar-refractivity contribution >= 4 is 0 Å². The average molecular weight is 160 g/mol.